The van der Waals surface area contributed by atoms with Gasteiger partial charge in [0.15, 0.2) is 5.96 Å². The zero-order valence-electron chi connectivity index (χ0n) is 19.1. The number of hydrogen-bond donors (Lipinski definition) is 2. The molecule has 0 bridgehead atoms. The number of benzene rings is 1. The van der Waals surface area contributed by atoms with Crippen LogP contribution in [0, 0.1) is 0 Å². The third-order valence-corrected chi connectivity index (χ3v) is 5.75. The SMILES string of the molecule is CCNC(=NCC(c1cnn(C)c1)N(C)C)NC1CCN(c2cc(Cl)ccc2OC)C1. The maximum Gasteiger partial charge on any atom is 0.191 e. The number of likely N-dealkylation sites (N-methyl/N-ethyl adjacent to an activating group) is 1. The topological polar surface area (TPSA) is 70.0 Å². The summed E-state index contributed by atoms with van der Waals surface area (Å²) in [6.45, 7) is 5.33. The lowest BCUT2D eigenvalue weighted by atomic mass is 10.1. The summed E-state index contributed by atoms with van der Waals surface area (Å²) in [5.74, 6) is 1.68. The van der Waals surface area contributed by atoms with Crippen molar-refractivity contribution in [2.24, 2.45) is 12.0 Å². The molecule has 0 radical (unpaired) electrons. The van der Waals surface area contributed by atoms with E-state index in [0.29, 0.717) is 11.6 Å². The van der Waals surface area contributed by atoms with E-state index in [-0.39, 0.29) is 12.1 Å². The second kappa shape index (κ2) is 10.7. The first-order valence-electron chi connectivity index (χ1n) is 10.7. The average molecular weight is 448 g/mol. The Balaban J connectivity index is 1.67. The van der Waals surface area contributed by atoms with E-state index in [1.165, 1.54) is 0 Å². The Morgan fingerprint density at radius 1 is 1.42 bits per heavy atom. The number of halogens is 1. The summed E-state index contributed by atoms with van der Waals surface area (Å²) in [6.07, 6.45) is 4.97. The van der Waals surface area contributed by atoms with Crippen molar-refractivity contribution in [2.75, 3.05) is 52.3 Å². The van der Waals surface area contributed by atoms with Gasteiger partial charge in [0.2, 0.25) is 0 Å². The molecule has 2 heterocycles. The van der Waals surface area contributed by atoms with E-state index in [4.69, 9.17) is 21.3 Å². The maximum atomic E-state index is 6.23. The van der Waals surface area contributed by atoms with Gasteiger partial charge in [0, 0.05) is 49.5 Å². The number of nitrogens with zero attached hydrogens (tertiary/aromatic N) is 5. The molecule has 1 fully saturated rings. The van der Waals surface area contributed by atoms with Crippen LogP contribution in [0.1, 0.15) is 24.9 Å². The van der Waals surface area contributed by atoms with Gasteiger partial charge in [-0.25, -0.2) is 0 Å². The number of rotatable bonds is 8. The molecule has 2 aromatic rings. The number of anilines is 1. The van der Waals surface area contributed by atoms with Crippen molar-refractivity contribution >= 4 is 23.2 Å². The van der Waals surface area contributed by atoms with Crippen LogP contribution in [0.25, 0.3) is 0 Å². The van der Waals surface area contributed by atoms with Crippen LogP contribution in [0.15, 0.2) is 35.6 Å². The number of aromatic nitrogens is 2. The summed E-state index contributed by atoms with van der Waals surface area (Å²) in [5.41, 5.74) is 2.19. The number of nitrogens with one attached hydrogen (secondary N) is 2. The summed E-state index contributed by atoms with van der Waals surface area (Å²) in [7, 11) is 7.77. The minimum absolute atomic E-state index is 0.167. The first kappa shape index (κ1) is 23.2. The molecule has 1 aliphatic heterocycles. The first-order valence-corrected chi connectivity index (χ1v) is 11.1. The van der Waals surface area contributed by atoms with Gasteiger partial charge in [0.25, 0.3) is 0 Å². The second-order valence-corrected chi connectivity index (χ2v) is 8.47. The fourth-order valence-corrected chi connectivity index (χ4v) is 4.04. The fraction of sp³-hybridized carbons (Fsp3) is 0.545. The molecular formula is C22H34ClN7O. The summed E-state index contributed by atoms with van der Waals surface area (Å²) in [4.78, 5) is 9.36. The van der Waals surface area contributed by atoms with Gasteiger partial charge in [-0.2, -0.15) is 5.10 Å². The van der Waals surface area contributed by atoms with Crippen LogP contribution >= 0.6 is 11.6 Å². The number of guanidine groups is 1. The molecule has 0 amide bonds. The zero-order chi connectivity index (χ0) is 22.4. The van der Waals surface area contributed by atoms with Crippen LogP contribution in [-0.4, -0.2) is 74.1 Å². The Kier molecular flexibility index (Phi) is 8.03. The highest BCUT2D eigenvalue weighted by Crippen LogP contribution is 2.33. The number of hydrogen-bond acceptors (Lipinski definition) is 5. The Morgan fingerprint density at radius 2 is 2.23 bits per heavy atom. The van der Waals surface area contributed by atoms with Crippen molar-refractivity contribution in [1.29, 1.82) is 0 Å². The largest absolute Gasteiger partial charge is 0.495 e. The third kappa shape index (κ3) is 6.04. The zero-order valence-corrected chi connectivity index (χ0v) is 19.9. The monoisotopic (exact) mass is 447 g/mol. The Labute approximate surface area is 190 Å². The highest BCUT2D eigenvalue weighted by atomic mass is 35.5. The Hall–Kier alpha value is -2.45. The van der Waals surface area contributed by atoms with E-state index >= 15 is 0 Å². The van der Waals surface area contributed by atoms with E-state index in [2.05, 4.69) is 46.6 Å². The lowest BCUT2D eigenvalue weighted by Gasteiger charge is -2.24. The molecular weight excluding hydrogens is 414 g/mol. The van der Waals surface area contributed by atoms with Crippen LogP contribution in [0.3, 0.4) is 0 Å². The lowest BCUT2D eigenvalue weighted by Crippen LogP contribution is -2.45. The quantitative estimate of drug-likeness (QED) is 0.478. The van der Waals surface area contributed by atoms with Crippen LogP contribution < -0.4 is 20.3 Å². The van der Waals surface area contributed by atoms with Gasteiger partial charge in [-0.3, -0.25) is 9.67 Å². The van der Waals surface area contributed by atoms with E-state index < -0.39 is 0 Å². The van der Waals surface area contributed by atoms with E-state index in [1.54, 1.807) is 7.11 Å². The van der Waals surface area contributed by atoms with Crippen LogP contribution in [0.2, 0.25) is 5.02 Å². The number of ether oxygens (including phenoxy) is 1. The van der Waals surface area contributed by atoms with Gasteiger partial charge in [0.1, 0.15) is 5.75 Å². The molecule has 8 nitrogen and oxygen atoms in total. The van der Waals surface area contributed by atoms with Crippen molar-refractivity contribution in [3.05, 3.63) is 41.2 Å². The number of aliphatic imine (C=N–C) groups is 1. The summed E-state index contributed by atoms with van der Waals surface area (Å²) in [5, 5.41) is 12.0. The van der Waals surface area contributed by atoms with Gasteiger partial charge in [-0.1, -0.05) is 11.6 Å². The first-order chi connectivity index (χ1) is 14.9. The van der Waals surface area contributed by atoms with E-state index in [1.807, 2.05) is 42.3 Å². The molecule has 2 N–H and O–H groups in total. The fourth-order valence-electron chi connectivity index (χ4n) is 3.88. The number of methoxy groups -OCH3 is 1. The lowest BCUT2D eigenvalue weighted by molar-refractivity contribution is 0.306. The average Bonchev–Trinajstić information content (AvgIpc) is 3.37. The predicted molar refractivity (Wildman–Crippen MR) is 127 cm³/mol. The third-order valence-electron chi connectivity index (χ3n) is 5.51. The Morgan fingerprint density at radius 3 is 2.87 bits per heavy atom. The van der Waals surface area contributed by atoms with Gasteiger partial charge < -0.3 is 25.2 Å². The standard InChI is InChI=1S/C22H34ClN7O/c1-6-24-22(25-13-20(28(2)3)16-12-26-29(4)14-16)27-18-9-10-30(15-18)19-11-17(23)7-8-21(19)31-5/h7-8,11-12,14,18,20H,6,9-10,13,15H2,1-5H3,(H2,24,25,27). The summed E-state index contributed by atoms with van der Waals surface area (Å²) in [6, 6.07) is 6.20. The molecule has 0 aliphatic carbocycles. The minimum Gasteiger partial charge on any atom is -0.495 e. The van der Waals surface area contributed by atoms with Gasteiger partial charge >= 0.3 is 0 Å². The Bertz CT molecular complexity index is 882. The molecule has 170 valence electrons. The molecule has 2 atom stereocenters. The van der Waals surface area contributed by atoms with Crippen molar-refractivity contribution in [3.8, 4) is 5.75 Å². The molecule has 31 heavy (non-hydrogen) atoms. The van der Waals surface area contributed by atoms with Crippen molar-refractivity contribution in [1.82, 2.24) is 25.3 Å². The van der Waals surface area contributed by atoms with Crippen LogP contribution in [0.5, 0.6) is 5.75 Å². The molecule has 1 saturated heterocycles. The molecule has 0 spiro atoms. The van der Waals surface area contributed by atoms with Crippen molar-refractivity contribution < 1.29 is 4.74 Å². The number of aryl methyl sites for hydroxylation is 1. The molecule has 9 heteroatoms. The van der Waals surface area contributed by atoms with E-state index in [0.717, 1.165) is 49.0 Å². The van der Waals surface area contributed by atoms with Gasteiger partial charge in [0.05, 0.1) is 31.6 Å². The minimum atomic E-state index is 0.167. The summed E-state index contributed by atoms with van der Waals surface area (Å²) >= 11 is 6.23. The molecule has 1 aromatic carbocycles. The summed E-state index contributed by atoms with van der Waals surface area (Å²) < 4.78 is 7.36. The molecule has 1 aliphatic rings. The van der Waals surface area contributed by atoms with Crippen molar-refractivity contribution in [2.45, 2.75) is 25.4 Å². The predicted octanol–water partition coefficient (Wildman–Crippen LogP) is 2.52. The normalized spacial score (nSPS) is 17.8. The molecule has 2 unspecified atom stereocenters. The highest BCUT2D eigenvalue weighted by molar-refractivity contribution is 6.30. The molecule has 0 saturated carbocycles. The van der Waals surface area contributed by atoms with E-state index in [9.17, 15) is 0 Å². The van der Waals surface area contributed by atoms with Gasteiger partial charge in [-0.05, 0) is 45.6 Å². The second-order valence-electron chi connectivity index (χ2n) is 8.04. The highest BCUT2D eigenvalue weighted by Gasteiger charge is 2.26. The van der Waals surface area contributed by atoms with Crippen LogP contribution in [0.4, 0.5) is 5.69 Å². The molecule has 1 aromatic heterocycles. The maximum absolute atomic E-state index is 6.23. The molecule has 3 rings (SSSR count). The smallest absolute Gasteiger partial charge is 0.191 e. The van der Waals surface area contributed by atoms with Crippen molar-refractivity contribution in [3.63, 3.8) is 0 Å². The van der Waals surface area contributed by atoms with Gasteiger partial charge in [-0.15, -0.1) is 0 Å². The van der Waals surface area contributed by atoms with Crippen LogP contribution in [-0.2, 0) is 7.05 Å².